The van der Waals surface area contributed by atoms with Gasteiger partial charge in [-0.15, -0.1) is 0 Å². The predicted molar refractivity (Wildman–Crippen MR) is 76.7 cm³/mol. The van der Waals surface area contributed by atoms with Crippen LogP contribution in [0.4, 0.5) is 13.2 Å². The fourth-order valence-corrected chi connectivity index (χ4v) is 1.79. The van der Waals surface area contributed by atoms with Gasteiger partial charge in [0.25, 0.3) is 5.91 Å². The van der Waals surface area contributed by atoms with Gasteiger partial charge in [-0.1, -0.05) is 17.3 Å². The summed E-state index contributed by atoms with van der Waals surface area (Å²) in [5, 5.41) is 6.01. The highest BCUT2D eigenvalue weighted by atomic mass is 19.4. The minimum atomic E-state index is -4.70. The molecule has 1 amide bonds. The Morgan fingerprint density at radius 2 is 2.00 bits per heavy atom. The zero-order chi connectivity index (χ0) is 17.7. The Bertz CT molecular complexity index is 685. The number of alkyl halides is 3. The van der Waals surface area contributed by atoms with Gasteiger partial charge >= 0.3 is 12.1 Å². The molecule has 1 heterocycles. The molecule has 2 N–H and O–H groups in total. The highest BCUT2D eigenvalue weighted by molar-refractivity contribution is 5.94. The Labute approximate surface area is 135 Å². The first-order valence-corrected chi connectivity index (χ1v) is 6.89. The SMILES string of the molecule is CONCC(C)NC(=O)c1ccc(-c2noc(C(F)(F)F)n2)cc1. The molecule has 0 aliphatic carbocycles. The van der Waals surface area contributed by atoms with E-state index in [-0.39, 0.29) is 17.8 Å². The smallest absolute Gasteiger partial charge is 0.348 e. The molecule has 1 aromatic carbocycles. The molecule has 2 rings (SSSR count). The number of aromatic nitrogens is 2. The second kappa shape index (κ2) is 7.41. The summed E-state index contributed by atoms with van der Waals surface area (Å²) in [6.45, 7) is 2.21. The van der Waals surface area contributed by atoms with Crippen LogP contribution in [0.1, 0.15) is 23.2 Å². The zero-order valence-corrected chi connectivity index (χ0v) is 12.8. The number of hydroxylamine groups is 1. The van der Waals surface area contributed by atoms with Crippen molar-refractivity contribution in [2.45, 2.75) is 19.1 Å². The molecule has 10 heteroatoms. The maximum Gasteiger partial charge on any atom is 0.471 e. The molecule has 24 heavy (non-hydrogen) atoms. The maximum absolute atomic E-state index is 12.4. The second-order valence-electron chi connectivity index (χ2n) is 4.93. The molecule has 1 unspecified atom stereocenters. The van der Waals surface area contributed by atoms with Crippen molar-refractivity contribution < 1.29 is 27.3 Å². The Balaban J connectivity index is 2.05. The molecule has 0 aliphatic rings. The molecule has 0 saturated carbocycles. The number of nitrogens with one attached hydrogen (secondary N) is 2. The molecule has 130 valence electrons. The van der Waals surface area contributed by atoms with Gasteiger partial charge < -0.3 is 14.7 Å². The Kier molecular flexibility index (Phi) is 5.52. The summed E-state index contributed by atoms with van der Waals surface area (Å²) in [5.41, 5.74) is 3.27. The third kappa shape index (κ3) is 4.52. The third-order valence-electron chi connectivity index (χ3n) is 2.99. The average molecular weight is 344 g/mol. The maximum atomic E-state index is 12.4. The van der Waals surface area contributed by atoms with Crippen LogP contribution in [0.3, 0.4) is 0 Å². The molecule has 0 saturated heterocycles. The fourth-order valence-electron chi connectivity index (χ4n) is 1.79. The second-order valence-corrected chi connectivity index (χ2v) is 4.93. The van der Waals surface area contributed by atoms with Gasteiger partial charge in [0.2, 0.25) is 5.82 Å². The van der Waals surface area contributed by atoms with Gasteiger partial charge in [0, 0.05) is 23.7 Å². The van der Waals surface area contributed by atoms with Crippen molar-refractivity contribution in [2.24, 2.45) is 0 Å². The number of benzene rings is 1. The summed E-state index contributed by atoms with van der Waals surface area (Å²) in [7, 11) is 1.47. The number of nitrogens with zero attached hydrogens (tertiary/aromatic N) is 2. The van der Waals surface area contributed by atoms with Crippen LogP contribution < -0.4 is 10.8 Å². The summed E-state index contributed by atoms with van der Waals surface area (Å²) in [4.78, 5) is 20.0. The minimum Gasteiger partial charge on any atom is -0.348 e. The number of hydrogen-bond donors (Lipinski definition) is 2. The zero-order valence-electron chi connectivity index (χ0n) is 12.8. The van der Waals surface area contributed by atoms with E-state index in [0.29, 0.717) is 17.7 Å². The number of rotatable bonds is 6. The predicted octanol–water partition coefficient (Wildman–Crippen LogP) is 2.02. The van der Waals surface area contributed by atoms with Crippen LogP contribution >= 0.6 is 0 Å². The molecule has 0 bridgehead atoms. The molecule has 7 nitrogen and oxygen atoms in total. The third-order valence-corrected chi connectivity index (χ3v) is 2.99. The van der Waals surface area contributed by atoms with Gasteiger partial charge in [0.1, 0.15) is 0 Å². The largest absolute Gasteiger partial charge is 0.471 e. The van der Waals surface area contributed by atoms with Gasteiger partial charge in [-0.3, -0.25) is 4.79 Å². The molecule has 0 spiro atoms. The van der Waals surface area contributed by atoms with E-state index in [2.05, 4.69) is 30.3 Å². The van der Waals surface area contributed by atoms with Gasteiger partial charge in [-0.2, -0.15) is 18.2 Å². The standard InChI is InChI=1S/C14H15F3N4O3/c1-8(7-18-23-2)19-12(22)10-5-3-9(4-6-10)11-20-13(24-21-11)14(15,16)17/h3-6,8,18H,7H2,1-2H3,(H,19,22). The van der Waals surface area contributed by atoms with Crippen molar-refractivity contribution in [3.8, 4) is 11.4 Å². The van der Waals surface area contributed by atoms with Gasteiger partial charge in [0.15, 0.2) is 0 Å². The minimum absolute atomic E-state index is 0.177. The molecule has 0 fully saturated rings. The van der Waals surface area contributed by atoms with E-state index in [9.17, 15) is 18.0 Å². The first-order chi connectivity index (χ1) is 11.3. The van der Waals surface area contributed by atoms with E-state index in [1.54, 1.807) is 6.92 Å². The first kappa shape index (κ1) is 17.9. The summed E-state index contributed by atoms with van der Waals surface area (Å²) in [5.74, 6) is -1.94. The normalized spacial score (nSPS) is 12.9. The van der Waals surface area contributed by atoms with Crippen LogP contribution in [0, 0.1) is 0 Å². The first-order valence-electron chi connectivity index (χ1n) is 6.89. The lowest BCUT2D eigenvalue weighted by Crippen LogP contribution is -2.39. The fraction of sp³-hybridized carbons (Fsp3) is 0.357. The number of hydrogen-bond acceptors (Lipinski definition) is 6. The van der Waals surface area contributed by atoms with Crippen molar-refractivity contribution in [3.63, 3.8) is 0 Å². The molecule has 0 aliphatic heterocycles. The van der Waals surface area contributed by atoms with E-state index >= 15 is 0 Å². The topological polar surface area (TPSA) is 89.3 Å². The van der Waals surface area contributed by atoms with Crippen molar-refractivity contribution in [2.75, 3.05) is 13.7 Å². The van der Waals surface area contributed by atoms with Crippen LogP contribution in [0.2, 0.25) is 0 Å². The summed E-state index contributed by atoms with van der Waals surface area (Å²) in [6.07, 6.45) is -4.70. The molecular formula is C14H15F3N4O3. The highest BCUT2D eigenvalue weighted by Gasteiger charge is 2.38. The Hall–Kier alpha value is -2.46. The Morgan fingerprint density at radius 1 is 1.33 bits per heavy atom. The number of amides is 1. The molecular weight excluding hydrogens is 329 g/mol. The number of carbonyl (C=O) groups is 1. The van der Waals surface area contributed by atoms with Gasteiger partial charge in [-0.25, -0.2) is 5.48 Å². The highest BCUT2D eigenvalue weighted by Crippen LogP contribution is 2.29. The average Bonchev–Trinajstić information content (AvgIpc) is 3.03. The van der Waals surface area contributed by atoms with Gasteiger partial charge in [-0.05, 0) is 19.1 Å². The summed E-state index contributed by atoms with van der Waals surface area (Å²) < 4.78 is 41.5. The van der Waals surface area contributed by atoms with Crippen LogP contribution in [0.5, 0.6) is 0 Å². The molecule has 0 radical (unpaired) electrons. The molecule has 1 aromatic heterocycles. The van der Waals surface area contributed by atoms with E-state index in [1.807, 2.05) is 0 Å². The number of carbonyl (C=O) groups excluding carboxylic acids is 1. The van der Waals surface area contributed by atoms with Gasteiger partial charge in [0.05, 0.1) is 7.11 Å². The Morgan fingerprint density at radius 3 is 2.54 bits per heavy atom. The van der Waals surface area contributed by atoms with Crippen molar-refractivity contribution in [1.29, 1.82) is 0 Å². The van der Waals surface area contributed by atoms with E-state index in [4.69, 9.17) is 0 Å². The van der Waals surface area contributed by atoms with Crippen LogP contribution in [0.25, 0.3) is 11.4 Å². The quantitative estimate of drug-likeness (QED) is 0.780. The molecule has 1 atom stereocenters. The van der Waals surface area contributed by atoms with Crippen molar-refractivity contribution in [3.05, 3.63) is 35.7 Å². The lowest BCUT2D eigenvalue weighted by molar-refractivity contribution is -0.159. The van der Waals surface area contributed by atoms with Crippen LogP contribution in [-0.4, -0.2) is 35.7 Å². The van der Waals surface area contributed by atoms with Crippen molar-refractivity contribution in [1.82, 2.24) is 20.9 Å². The lowest BCUT2D eigenvalue weighted by atomic mass is 10.1. The molecule has 2 aromatic rings. The van der Waals surface area contributed by atoms with Crippen molar-refractivity contribution >= 4 is 5.91 Å². The monoisotopic (exact) mass is 344 g/mol. The van der Waals surface area contributed by atoms with E-state index in [1.165, 1.54) is 31.4 Å². The summed E-state index contributed by atoms with van der Waals surface area (Å²) in [6, 6.07) is 5.63. The van der Waals surface area contributed by atoms with Crippen LogP contribution in [-0.2, 0) is 11.0 Å². The lowest BCUT2D eigenvalue weighted by Gasteiger charge is -2.13. The van der Waals surface area contributed by atoms with Crippen LogP contribution in [0.15, 0.2) is 28.8 Å². The summed E-state index contributed by atoms with van der Waals surface area (Å²) >= 11 is 0. The van der Waals surface area contributed by atoms with E-state index < -0.39 is 12.1 Å². The number of halogens is 3. The van der Waals surface area contributed by atoms with E-state index in [0.717, 1.165) is 0 Å².